The van der Waals surface area contributed by atoms with Crippen LogP contribution < -0.4 is 4.74 Å². The van der Waals surface area contributed by atoms with E-state index >= 15 is 0 Å². The Bertz CT molecular complexity index is 907. The van der Waals surface area contributed by atoms with Gasteiger partial charge in [-0.3, -0.25) is 10.1 Å². The maximum Gasteiger partial charge on any atom is 0.277 e. The van der Waals surface area contributed by atoms with Crippen LogP contribution in [0, 0.1) is 10.1 Å². The van der Waals surface area contributed by atoms with Gasteiger partial charge >= 0.3 is 0 Å². The van der Waals surface area contributed by atoms with Crippen LogP contribution in [0.15, 0.2) is 60.7 Å². The Hall–Kier alpha value is -2.96. The summed E-state index contributed by atoms with van der Waals surface area (Å²) in [4.78, 5) is 11.1. The number of benzene rings is 3. The van der Waals surface area contributed by atoms with E-state index in [4.69, 9.17) is 4.74 Å². The zero-order valence-corrected chi connectivity index (χ0v) is 14.0. The fraction of sp³-hybridized carbons (Fsp3) is 0.200. The van der Waals surface area contributed by atoms with Crippen molar-refractivity contribution in [3.8, 4) is 5.75 Å². The summed E-state index contributed by atoms with van der Waals surface area (Å²) in [5, 5.41) is 32.0. The van der Waals surface area contributed by atoms with E-state index in [0.29, 0.717) is 22.1 Å². The van der Waals surface area contributed by atoms with Gasteiger partial charge in [0, 0.05) is 16.9 Å². The fourth-order valence-corrected chi connectivity index (χ4v) is 3.03. The highest BCUT2D eigenvalue weighted by atomic mass is 16.6. The second-order valence-electron chi connectivity index (χ2n) is 5.95. The van der Waals surface area contributed by atoms with Crippen LogP contribution in [0.3, 0.4) is 0 Å². The van der Waals surface area contributed by atoms with Crippen molar-refractivity contribution >= 4 is 16.5 Å². The molecule has 0 amide bonds. The summed E-state index contributed by atoms with van der Waals surface area (Å²) in [6, 6.07) is 18.0. The molecule has 0 heterocycles. The Morgan fingerprint density at radius 1 is 0.962 bits per heavy atom. The van der Waals surface area contributed by atoms with E-state index in [9.17, 15) is 20.3 Å². The van der Waals surface area contributed by atoms with Crippen LogP contribution in [0.5, 0.6) is 5.75 Å². The highest BCUT2D eigenvalue weighted by Gasteiger charge is 2.26. The van der Waals surface area contributed by atoms with Crippen LogP contribution in [-0.4, -0.2) is 28.4 Å². The van der Waals surface area contributed by atoms with Crippen LogP contribution >= 0.6 is 0 Å². The van der Waals surface area contributed by atoms with Crippen molar-refractivity contribution in [3.05, 3.63) is 81.9 Å². The zero-order valence-electron chi connectivity index (χ0n) is 14.0. The number of ether oxygens (including phenoxy) is 1. The number of nitro benzene ring substituents is 1. The van der Waals surface area contributed by atoms with Gasteiger partial charge in [0.25, 0.3) is 5.69 Å². The molecule has 0 aromatic heterocycles. The van der Waals surface area contributed by atoms with Crippen molar-refractivity contribution in [1.82, 2.24) is 0 Å². The molecule has 0 spiro atoms. The number of hydrogen-bond donors (Lipinski definition) is 2. The molecule has 0 radical (unpaired) electrons. The molecule has 0 aliphatic rings. The number of hydrogen-bond acceptors (Lipinski definition) is 5. The lowest BCUT2D eigenvalue weighted by Gasteiger charge is -2.17. The Morgan fingerprint density at radius 3 is 2.19 bits per heavy atom. The van der Waals surface area contributed by atoms with Crippen molar-refractivity contribution in [3.63, 3.8) is 0 Å². The number of rotatable bonds is 7. The SMILES string of the molecule is O=[N+]([O-])c1cc(OCc2ccccc2)c2ccccc2c1C(CO)CO. The maximum atomic E-state index is 11.6. The van der Waals surface area contributed by atoms with Crippen molar-refractivity contribution in [1.29, 1.82) is 0 Å². The van der Waals surface area contributed by atoms with Gasteiger partial charge in [0.1, 0.15) is 12.4 Å². The smallest absolute Gasteiger partial charge is 0.277 e. The van der Waals surface area contributed by atoms with Gasteiger partial charge < -0.3 is 14.9 Å². The lowest BCUT2D eigenvalue weighted by atomic mass is 9.92. The molecule has 3 aromatic carbocycles. The molecule has 0 atom stereocenters. The van der Waals surface area contributed by atoms with E-state index in [1.807, 2.05) is 42.5 Å². The second kappa shape index (κ2) is 7.95. The molecule has 0 unspecified atom stereocenters. The third kappa shape index (κ3) is 3.51. The van der Waals surface area contributed by atoms with E-state index < -0.39 is 10.8 Å². The van der Waals surface area contributed by atoms with Crippen LogP contribution in [0.4, 0.5) is 5.69 Å². The number of aliphatic hydroxyl groups is 2. The fourth-order valence-electron chi connectivity index (χ4n) is 3.03. The molecule has 0 saturated carbocycles. The Morgan fingerprint density at radius 2 is 1.58 bits per heavy atom. The molecule has 2 N–H and O–H groups in total. The van der Waals surface area contributed by atoms with Gasteiger partial charge in [-0.15, -0.1) is 0 Å². The molecular weight excluding hydrogens is 334 g/mol. The monoisotopic (exact) mass is 353 g/mol. The van der Waals surface area contributed by atoms with E-state index in [1.54, 1.807) is 12.1 Å². The molecule has 0 aliphatic carbocycles. The molecule has 0 saturated heterocycles. The summed E-state index contributed by atoms with van der Waals surface area (Å²) in [6.07, 6.45) is 0. The van der Waals surface area contributed by atoms with Gasteiger partial charge in [0.2, 0.25) is 0 Å². The standard InChI is InChI=1S/C20H19NO5/c22-11-15(12-23)20-17-9-5-4-8-16(17)19(10-18(20)21(24)25)26-13-14-6-2-1-3-7-14/h1-10,15,22-23H,11-13H2. The highest BCUT2D eigenvalue weighted by Crippen LogP contribution is 2.39. The van der Waals surface area contributed by atoms with Crippen LogP contribution in [0.2, 0.25) is 0 Å². The third-order valence-electron chi connectivity index (χ3n) is 4.31. The first-order valence-electron chi connectivity index (χ1n) is 8.24. The summed E-state index contributed by atoms with van der Waals surface area (Å²) in [5.41, 5.74) is 1.11. The molecule has 0 bridgehead atoms. The Kier molecular flexibility index (Phi) is 5.46. The minimum absolute atomic E-state index is 0.167. The zero-order chi connectivity index (χ0) is 18.5. The third-order valence-corrected chi connectivity index (χ3v) is 4.31. The van der Waals surface area contributed by atoms with E-state index in [1.165, 1.54) is 6.07 Å². The first kappa shape index (κ1) is 17.8. The van der Waals surface area contributed by atoms with Crippen molar-refractivity contribution < 1.29 is 19.9 Å². The van der Waals surface area contributed by atoms with Crippen LogP contribution in [0.1, 0.15) is 17.0 Å². The van der Waals surface area contributed by atoms with Gasteiger partial charge in [0.15, 0.2) is 0 Å². The normalized spacial score (nSPS) is 11.0. The number of aliphatic hydroxyl groups excluding tert-OH is 2. The molecule has 26 heavy (non-hydrogen) atoms. The van der Waals surface area contributed by atoms with Crippen molar-refractivity contribution in [2.75, 3.05) is 13.2 Å². The van der Waals surface area contributed by atoms with E-state index in [2.05, 4.69) is 0 Å². The predicted octanol–water partition coefficient (Wildman–Crippen LogP) is 3.40. The molecule has 6 heteroatoms. The van der Waals surface area contributed by atoms with E-state index in [-0.39, 0.29) is 25.5 Å². The average molecular weight is 353 g/mol. The first-order chi connectivity index (χ1) is 12.7. The molecular formula is C20H19NO5. The molecule has 0 aliphatic heterocycles. The quantitative estimate of drug-likeness (QED) is 0.502. The van der Waals surface area contributed by atoms with Gasteiger partial charge in [-0.25, -0.2) is 0 Å². The summed E-state index contributed by atoms with van der Waals surface area (Å²) in [7, 11) is 0. The second-order valence-corrected chi connectivity index (χ2v) is 5.95. The molecule has 3 aromatic rings. The minimum Gasteiger partial charge on any atom is -0.488 e. The van der Waals surface area contributed by atoms with Crippen molar-refractivity contribution in [2.24, 2.45) is 0 Å². The summed E-state index contributed by atoms with van der Waals surface area (Å²) >= 11 is 0. The summed E-state index contributed by atoms with van der Waals surface area (Å²) in [5.74, 6) is -0.335. The number of fused-ring (bicyclic) bond motifs is 1. The summed E-state index contributed by atoms with van der Waals surface area (Å²) < 4.78 is 5.87. The minimum atomic E-state index is -0.733. The summed E-state index contributed by atoms with van der Waals surface area (Å²) in [6.45, 7) is -0.484. The number of nitrogens with zero attached hydrogens (tertiary/aromatic N) is 1. The van der Waals surface area contributed by atoms with Crippen LogP contribution in [0.25, 0.3) is 10.8 Å². The highest BCUT2D eigenvalue weighted by molar-refractivity contribution is 5.94. The van der Waals surface area contributed by atoms with Gasteiger partial charge in [-0.1, -0.05) is 54.6 Å². The van der Waals surface area contributed by atoms with Crippen molar-refractivity contribution in [2.45, 2.75) is 12.5 Å². The van der Waals surface area contributed by atoms with E-state index in [0.717, 1.165) is 5.56 Å². The van der Waals surface area contributed by atoms with Gasteiger partial charge in [-0.05, 0) is 10.9 Å². The molecule has 3 rings (SSSR count). The molecule has 6 nitrogen and oxygen atoms in total. The maximum absolute atomic E-state index is 11.6. The lowest BCUT2D eigenvalue weighted by Crippen LogP contribution is -2.12. The average Bonchev–Trinajstić information content (AvgIpc) is 2.68. The first-order valence-corrected chi connectivity index (χ1v) is 8.24. The predicted molar refractivity (Wildman–Crippen MR) is 98.3 cm³/mol. The van der Waals surface area contributed by atoms with Gasteiger partial charge in [-0.2, -0.15) is 0 Å². The topological polar surface area (TPSA) is 92.8 Å². The molecule has 0 fully saturated rings. The number of nitro groups is 1. The molecule has 134 valence electrons. The largest absolute Gasteiger partial charge is 0.488 e. The Balaban J connectivity index is 2.12. The Labute approximate surface area is 150 Å². The van der Waals surface area contributed by atoms with Crippen LogP contribution in [-0.2, 0) is 6.61 Å². The van der Waals surface area contributed by atoms with Gasteiger partial charge in [0.05, 0.1) is 24.2 Å². The lowest BCUT2D eigenvalue weighted by molar-refractivity contribution is -0.385.